The number of nitrogens with zero attached hydrogens (tertiary/aromatic N) is 1. The highest BCUT2D eigenvalue weighted by Gasteiger charge is 2.02. The first-order chi connectivity index (χ1) is 4.72. The minimum atomic E-state index is -0.252. The first-order valence-corrected chi connectivity index (χ1v) is 3.00. The number of aromatic amines is 1. The molecule has 0 fully saturated rings. The summed E-state index contributed by atoms with van der Waals surface area (Å²) in [6.45, 7) is 1.74. The van der Waals surface area contributed by atoms with Gasteiger partial charge in [-0.05, 0) is 6.92 Å². The van der Waals surface area contributed by atoms with Crippen LogP contribution in [0.1, 0.15) is 18.5 Å². The Balaban J connectivity index is 3.16. The van der Waals surface area contributed by atoms with Gasteiger partial charge in [0.1, 0.15) is 0 Å². The summed E-state index contributed by atoms with van der Waals surface area (Å²) in [7, 11) is 0. The summed E-state index contributed by atoms with van der Waals surface area (Å²) in [6, 6.07) is -0.252. The van der Waals surface area contributed by atoms with Gasteiger partial charge < -0.3 is 10.7 Å². The highest BCUT2D eigenvalue weighted by Crippen LogP contribution is 1.97. The Morgan fingerprint density at radius 2 is 2.50 bits per heavy atom. The Hall–Kier alpha value is -1.16. The molecule has 1 rings (SSSR count). The number of H-pyrrole nitrogens is 1. The molecule has 0 aromatic carbocycles. The van der Waals surface area contributed by atoms with Crippen molar-refractivity contribution in [2.75, 3.05) is 0 Å². The molecule has 0 aliphatic carbocycles. The van der Waals surface area contributed by atoms with Crippen LogP contribution in [0.4, 0.5) is 0 Å². The molecular weight excluding hydrogens is 130 g/mol. The van der Waals surface area contributed by atoms with E-state index in [-0.39, 0.29) is 11.6 Å². The summed E-state index contributed by atoms with van der Waals surface area (Å²) in [5.74, 6) is 0. The number of aromatic nitrogens is 2. The molecule has 0 spiro atoms. The van der Waals surface area contributed by atoms with E-state index in [1.165, 1.54) is 12.5 Å². The van der Waals surface area contributed by atoms with Crippen molar-refractivity contribution in [3.05, 3.63) is 28.4 Å². The second-order valence-corrected chi connectivity index (χ2v) is 2.12. The van der Waals surface area contributed by atoms with E-state index in [4.69, 9.17) is 5.73 Å². The van der Waals surface area contributed by atoms with Crippen molar-refractivity contribution in [3.8, 4) is 0 Å². The molecule has 0 aliphatic heterocycles. The van der Waals surface area contributed by atoms with Crippen LogP contribution in [0.25, 0.3) is 0 Å². The first kappa shape index (κ1) is 6.95. The fourth-order valence-corrected chi connectivity index (χ4v) is 0.680. The summed E-state index contributed by atoms with van der Waals surface area (Å²) in [4.78, 5) is 17.1. The van der Waals surface area contributed by atoms with E-state index in [1.807, 2.05) is 0 Å². The summed E-state index contributed by atoms with van der Waals surface area (Å²) in [5, 5.41) is 0. The van der Waals surface area contributed by atoms with E-state index >= 15 is 0 Å². The Labute approximate surface area is 58.1 Å². The standard InChI is InChI=1S/C6H9N3O/c1-4(7)5-2-8-3-9-6(5)10/h2-4H,7H2,1H3,(H,8,9,10). The lowest BCUT2D eigenvalue weighted by atomic mass is 10.2. The van der Waals surface area contributed by atoms with Crippen molar-refractivity contribution in [1.29, 1.82) is 0 Å². The fraction of sp³-hybridized carbons (Fsp3) is 0.333. The third kappa shape index (κ3) is 1.22. The van der Waals surface area contributed by atoms with E-state index in [1.54, 1.807) is 6.92 Å². The van der Waals surface area contributed by atoms with Gasteiger partial charge in [0.2, 0.25) is 0 Å². The Morgan fingerprint density at radius 3 is 2.90 bits per heavy atom. The Bertz CT molecular complexity index is 266. The van der Waals surface area contributed by atoms with Crippen molar-refractivity contribution in [2.24, 2.45) is 5.73 Å². The molecule has 4 heteroatoms. The van der Waals surface area contributed by atoms with Gasteiger partial charge in [-0.3, -0.25) is 4.79 Å². The minimum Gasteiger partial charge on any atom is -0.324 e. The highest BCUT2D eigenvalue weighted by molar-refractivity contribution is 5.07. The molecule has 0 aliphatic rings. The molecule has 1 aromatic rings. The minimum absolute atomic E-state index is 0.162. The van der Waals surface area contributed by atoms with Gasteiger partial charge in [0, 0.05) is 12.2 Å². The van der Waals surface area contributed by atoms with Crippen LogP contribution in [0.2, 0.25) is 0 Å². The van der Waals surface area contributed by atoms with E-state index in [2.05, 4.69) is 9.97 Å². The maximum atomic E-state index is 10.9. The van der Waals surface area contributed by atoms with Crippen molar-refractivity contribution in [3.63, 3.8) is 0 Å². The summed E-state index contributed by atoms with van der Waals surface area (Å²) >= 11 is 0. The maximum absolute atomic E-state index is 10.9. The number of nitrogens with two attached hydrogens (primary N) is 1. The Morgan fingerprint density at radius 1 is 1.80 bits per heavy atom. The monoisotopic (exact) mass is 139 g/mol. The summed E-state index contributed by atoms with van der Waals surface area (Å²) < 4.78 is 0. The zero-order valence-electron chi connectivity index (χ0n) is 5.66. The normalized spacial score (nSPS) is 13.0. The lowest BCUT2D eigenvalue weighted by molar-refractivity contribution is 0.789. The van der Waals surface area contributed by atoms with Crippen molar-refractivity contribution in [2.45, 2.75) is 13.0 Å². The van der Waals surface area contributed by atoms with Gasteiger partial charge in [0.15, 0.2) is 0 Å². The van der Waals surface area contributed by atoms with Crippen LogP contribution in [-0.2, 0) is 0 Å². The van der Waals surface area contributed by atoms with Gasteiger partial charge in [-0.1, -0.05) is 0 Å². The summed E-state index contributed by atoms with van der Waals surface area (Å²) in [6.07, 6.45) is 2.82. The largest absolute Gasteiger partial charge is 0.324 e. The SMILES string of the molecule is CC(N)c1cnc[nH]c1=O. The smallest absolute Gasteiger partial charge is 0.255 e. The zero-order valence-corrected chi connectivity index (χ0v) is 5.66. The predicted molar refractivity (Wildman–Crippen MR) is 37.5 cm³/mol. The van der Waals surface area contributed by atoms with Crippen molar-refractivity contribution < 1.29 is 0 Å². The number of hydrogen-bond acceptors (Lipinski definition) is 3. The number of nitrogens with one attached hydrogen (secondary N) is 1. The zero-order chi connectivity index (χ0) is 7.56. The number of hydrogen-bond donors (Lipinski definition) is 2. The number of rotatable bonds is 1. The van der Waals surface area contributed by atoms with E-state index in [9.17, 15) is 4.79 Å². The second kappa shape index (κ2) is 2.62. The van der Waals surface area contributed by atoms with Crippen LogP contribution in [0.15, 0.2) is 17.3 Å². The quantitative estimate of drug-likeness (QED) is 0.565. The molecule has 0 saturated heterocycles. The van der Waals surface area contributed by atoms with Gasteiger partial charge in [-0.25, -0.2) is 4.98 Å². The third-order valence-electron chi connectivity index (χ3n) is 1.24. The molecule has 1 heterocycles. The predicted octanol–water partition coefficient (Wildman–Crippen LogP) is -0.210. The maximum Gasteiger partial charge on any atom is 0.255 e. The van der Waals surface area contributed by atoms with E-state index in [0.717, 1.165) is 0 Å². The van der Waals surface area contributed by atoms with E-state index < -0.39 is 0 Å². The first-order valence-electron chi connectivity index (χ1n) is 3.00. The molecule has 54 valence electrons. The second-order valence-electron chi connectivity index (χ2n) is 2.12. The molecule has 3 N–H and O–H groups in total. The van der Waals surface area contributed by atoms with Crippen LogP contribution in [0.3, 0.4) is 0 Å². The molecule has 0 amide bonds. The van der Waals surface area contributed by atoms with Crippen LogP contribution >= 0.6 is 0 Å². The lowest BCUT2D eigenvalue weighted by Crippen LogP contribution is -2.19. The average molecular weight is 139 g/mol. The average Bonchev–Trinajstić information content (AvgIpc) is 1.88. The van der Waals surface area contributed by atoms with Gasteiger partial charge in [0.05, 0.1) is 11.9 Å². The molecule has 1 aromatic heterocycles. The van der Waals surface area contributed by atoms with Gasteiger partial charge in [0.25, 0.3) is 5.56 Å². The fourth-order valence-electron chi connectivity index (χ4n) is 0.680. The van der Waals surface area contributed by atoms with Crippen LogP contribution < -0.4 is 11.3 Å². The molecule has 0 bridgehead atoms. The van der Waals surface area contributed by atoms with Crippen molar-refractivity contribution in [1.82, 2.24) is 9.97 Å². The van der Waals surface area contributed by atoms with Crippen LogP contribution in [0.5, 0.6) is 0 Å². The third-order valence-corrected chi connectivity index (χ3v) is 1.24. The van der Waals surface area contributed by atoms with Crippen LogP contribution in [0, 0.1) is 0 Å². The summed E-state index contributed by atoms with van der Waals surface area (Å²) in [5.41, 5.74) is 5.81. The van der Waals surface area contributed by atoms with Gasteiger partial charge in [-0.2, -0.15) is 0 Å². The van der Waals surface area contributed by atoms with Gasteiger partial charge in [-0.15, -0.1) is 0 Å². The topological polar surface area (TPSA) is 71.8 Å². The van der Waals surface area contributed by atoms with Crippen LogP contribution in [-0.4, -0.2) is 9.97 Å². The molecule has 10 heavy (non-hydrogen) atoms. The molecule has 4 nitrogen and oxygen atoms in total. The highest BCUT2D eigenvalue weighted by atomic mass is 16.1. The van der Waals surface area contributed by atoms with Crippen molar-refractivity contribution >= 4 is 0 Å². The molecule has 0 radical (unpaired) electrons. The molecule has 0 saturated carbocycles. The molecular formula is C6H9N3O. The molecule has 1 unspecified atom stereocenters. The van der Waals surface area contributed by atoms with Gasteiger partial charge >= 0.3 is 0 Å². The molecule has 1 atom stereocenters. The lowest BCUT2D eigenvalue weighted by Gasteiger charge is -2.00. The Kier molecular flexibility index (Phi) is 1.82. The van der Waals surface area contributed by atoms with E-state index in [0.29, 0.717) is 5.56 Å².